The molecule has 21 heavy (non-hydrogen) atoms. The van der Waals surface area contributed by atoms with Crippen molar-refractivity contribution in [1.29, 1.82) is 0 Å². The first-order valence-corrected chi connectivity index (χ1v) is 6.55. The van der Waals surface area contributed by atoms with Gasteiger partial charge >= 0.3 is 6.03 Å². The molecule has 1 aromatic carbocycles. The summed E-state index contributed by atoms with van der Waals surface area (Å²) in [5, 5.41) is 9.26. The van der Waals surface area contributed by atoms with Gasteiger partial charge in [0.1, 0.15) is 5.76 Å². The molecular weight excluding hydrogens is 270 g/mol. The lowest BCUT2D eigenvalue weighted by molar-refractivity contribution is 0.101. The molecule has 2 amide bonds. The first-order chi connectivity index (χ1) is 9.97. The van der Waals surface area contributed by atoms with E-state index in [1.54, 1.807) is 31.2 Å². The highest BCUT2D eigenvalue weighted by molar-refractivity contribution is 5.95. The van der Waals surface area contributed by atoms with E-state index in [1.807, 2.05) is 6.92 Å². The fourth-order valence-corrected chi connectivity index (χ4v) is 1.89. The Kier molecular flexibility index (Phi) is 4.37. The molecule has 0 fully saturated rings. The number of nitrogens with one attached hydrogen (secondary N) is 2. The minimum absolute atomic E-state index is 0.00981. The number of Topliss-reactive ketones (excluding diaryl/α,β-unsaturated/α-hetero) is 1. The Morgan fingerprint density at radius 1 is 1.19 bits per heavy atom. The van der Waals surface area contributed by atoms with E-state index < -0.39 is 0 Å². The van der Waals surface area contributed by atoms with Gasteiger partial charge in [-0.05, 0) is 45.0 Å². The second-order valence-electron chi connectivity index (χ2n) is 4.74. The molecule has 0 aliphatic heterocycles. The number of ketones is 1. The molecule has 6 nitrogen and oxygen atoms in total. The van der Waals surface area contributed by atoms with Crippen LogP contribution in [0.15, 0.2) is 28.8 Å². The average molecular weight is 287 g/mol. The molecule has 1 heterocycles. The van der Waals surface area contributed by atoms with Crippen molar-refractivity contribution in [1.82, 2.24) is 10.5 Å². The third kappa shape index (κ3) is 3.68. The molecule has 0 radical (unpaired) electrons. The number of aryl methyl sites for hydroxylation is 2. The second-order valence-corrected chi connectivity index (χ2v) is 4.74. The highest BCUT2D eigenvalue weighted by Crippen LogP contribution is 2.12. The molecule has 0 atom stereocenters. The Morgan fingerprint density at radius 3 is 2.38 bits per heavy atom. The summed E-state index contributed by atoms with van der Waals surface area (Å²) >= 11 is 0. The topological polar surface area (TPSA) is 84.2 Å². The van der Waals surface area contributed by atoms with Crippen LogP contribution in [0.2, 0.25) is 0 Å². The molecule has 110 valence electrons. The number of hydrogen-bond donors (Lipinski definition) is 2. The molecule has 2 aromatic rings. The lowest BCUT2D eigenvalue weighted by Gasteiger charge is -2.07. The summed E-state index contributed by atoms with van der Waals surface area (Å²) in [7, 11) is 0. The fraction of sp³-hybridized carbons (Fsp3) is 0.267. The van der Waals surface area contributed by atoms with E-state index in [2.05, 4.69) is 15.8 Å². The van der Waals surface area contributed by atoms with Gasteiger partial charge in [-0.15, -0.1) is 0 Å². The third-order valence-electron chi connectivity index (χ3n) is 3.16. The van der Waals surface area contributed by atoms with Crippen LogP contribution in [0.5, 0.6) is 0 Å². The Morgan fingerprint density at radius 2 is 1.86 bits per heavy atom. The van der Waals surface area contributed by atoms with Crippen LogP contribution in [-0.2, 0) is 6.54 Å². The summed E-state index contributed by atoms with van der Waals surface area (Å²) in [6, 6.07) is 6.39. The minimum atomic E-state index is -0.328. The molecule has 0 aliphatic carbocycles. The van der Waals surface area contributed by atoms with Crippen LogP contribution in [0.1, 0.15) is 34.3 Å². The van der Waals surface area contributed by atoms with Crippen LogP contribution in [0.3, 0.4) is 0 Å². The van der Waals surface area contributed by atoms with Crippen LogP contribution in [-0.4, -0.2) is 17.0 Å². The van der Waals surface area contributed by atoms with Gasteiger partial charge in [0.15, 0.2) is 5.78 Å². The molecule has 6 heteroatoms. The number of rotatable bonds is 4. The molecule has 0 aliphatic rings. The SMILES string of the molecule is CC(=O)c1ccc(NC(=O)NCc2c(C)noc2C)cc1. The van der Waals surface area contributed by atoms with Gasteiger partial charge in [0, 0.05) is 23.4 Å². The summed E-state index contributed by atoms with van der Waals surface area (Å²) in [5.41, 5.74) is 2.86. The minimum Gasteiger partial charge on any atom is -0.361 e. The second kappa shape index (κ2) is 6.21. The lowest BCUT2D eigenvalue weighted by Crippen LogP contribution is -2.28. The number of carbonyl (C=O) groups excluding carboxylic acids is 2. The third-order valence-corrected chi connectivity index (χ3v) is 3.16. The predicted octanol–water partition coefficient (Wildman–Crippen LogP) is 2.82. The molecular formula is C15H17N3O3. The van der Waals surface area contributed by atoms with Crippen molar-refractivity contribution in [2.24, 2.45) is 0 Å². The highest BCUT2D eigenvalue weighted by Gasteiger charge is 2.10. The van der Waals surface area contributed by atoms with Crippen LogP contribution in [0, 0.1) is 13.8 Å². The first kappa shape index (κ1) is 14.8. The van der Waals surface area contributed by atoms with Crippen molar-refractivity contribution in [2.75, 3.05) is 5.32 Å². The summed E-state index contributed by atoms with van der Waals surface area (Å²) in [5.74, 6) is 0.683. The number of anilines is 1. The van der Waals surface area contributed by atoms with Gasteiger partial charge in [-0.2, -0.15) is 0 Å². The number of hydrogen-bond acceptors (Lipinski definition) is 4. The summed E-state index contributed by atoms with van der Waals surface area (Å²) in [6.45, 7) is 5.47. The zero-order valence-corrected chi connectivity index (χ0v) is 12.2. The summed E-state index contributed by atoms with van der Waals surface area (Å²) in [4.78, 5) is 23.0. The van der Waals surface area contributed by atoms with Crippen LogP contribution < -0.4 is 10.6 Å². The van der Waals surface area contributed by atoms with Crippen molar-refractivity contribution >= 4 is 17.5 Å². The molecule has 0 unspecified atom stereocenters. The number of aromatic nitrogens is 1. The van der Waals surface area contributed by atoms with E-state index >= 15 is 0 Å². The largest absolute Gasteiger partial charge is 0.361 e. The van der Waals surface area contributed by atoms with Gasteiger partial charge in [-0.25, -0.2) is 4.79 Å². The maximum Gasteiger partial charge on any atom is 0.319 e. The van der Waals surface area contributed by atoms with E-state index in [1.165, 1.54) is 6.92 Å². The molecule has 1 aromatic heterocycles. The Hall–Kier alpha value is -2.63. The number of nitrogens with zero attached hydrogens (tertiary/aromatic N) is 1. The molecule has 0 saturated carbocycles. The molecule has 0 spiro atoms. The first-order valence-electron chi connectivity index (χ1n) is 6.55. The number of amides is 2. The molecule has 2 N–H and O–H groups in total. The van der Waals surface area contributed by atoms with E-state index in [9.17, 15) is 9.59 Å². The summed E-state index contributed by atoms with van der Waals surface area (Å²) in [6.07, 6.45) is 0. The Bertz CT molecular complexity index is 640. The van der Waals surface area contributed by atoms with E-state index in [-0.39, 0.29) is 11.8 Å². The fourth-order valence-electron chi connectivity index (χ4n) is 1.89. The number of carbonyl (C=O) groups is 2. The molecule has 0 saturated heterocycles. The van der Waals surface area contributed by atoms with Gasteiger partial charge in [-0.1, -0.05) is 5.16 Å². The van der Waals surface area contributed by atoms with Crippen molar-refractivity contribution in [3.05, 3.63) is 46.8 Å². The Balaban J connectivity index is 1.91. The van der Waals surface area contributed by atoms with Gasteiger partial charge in [0.05, 0.1) is 5.69 Å². The van der Waals surface area contributed by atoms with Crippen LogP contribution in [0.4, 0.5) is 10.5 Å². The van der Waals surface area contributed by atoms with Crippen LogP contribution >= 0.6 is 0 Å². The normalized spacial score (nSPS) is 10.2. The van der Waals surface area contributed by atoms with E-state index in [4.69, 9.17) is 4.52 Å². The van der Waals surface area contributed by atoms with Gasteiger partial charge < -0.3 is 15.2 Å². The monoisotopic (exact) mass is 287 g/mol. The smallest absolute Gasteiger partial charge is 0.319 e. The van der Waals surface area contributed by atoms with Crippen molar-refractivity contribution < 1.29 is 14.1 Å². The Labute approximate surface area is 122 Å². The highest BCUT2D eigenvalue weighted by atomic mass is 16.5. The van der Waals surface area contributed by atoms with Crippen molar-refractivity contribution in [3.63, 3.8) is 0 Å². The van der Waals surface area contributed by atoms with E-state index in [0.29, 0.717) is 23.6 Å². The molecule has 0 bridgehead atoms. The van der Waals surface area contributed by atoms with Crippen molar-refractivity contribution in [2.45, 2.75) is 27.3 Å². The number of urea groups is 1. The van der Waals surface area contributed by atoms with Gasteiger partial charge in [-0.3, -0.25) is 4.79 Å². The van der Waals surface area contributed by atoms with Crippen molar-refractivity contribution in [3.8, 4) is 0 Å². The predicted molar refractivity (Wildman–Crippen MR) is 78.3 cm³/mol. The number of benzene rings is 1. The zero-order valence-electron chi connectivity index (χ0n) is 12.2. The maximum absolute atomic E-state index is 11.8. The van der Waals surface area contributed by atoms with Gasteiger partial charge in [0.25, 0.3) is 0 Å². The average Bonchev–Trinajstić information content (AvgIpc) is 2.76. The zero-order chi connectivity index (χ0) is 15.4. The van der Waals surface area contributed by atoms with Gasteiger partial charge in [0.2, 0.25) is 0 Å². The lowest BCUT2D eigenvalue weighted by atomic mass is 10.1. The standard InChI is InChI=1S/C15H17N3O3/c1-9-14(11(3)21-18-9)8-16-15(20)17-13-6-4-12(5-7-13)10(2)19/h4-7H,8H2,1-3H3,(H2,16,17,20). The maximum atomic E-state index is 11.8. The quantitative estimate of drug-likeness (QED) is 0.847. The molecule has 2 rings (SSSR count). The van der Waals surface area contributed by atoms with Crippen LogP contribution in [0.25, 0.3) is 0 Å². The van der Waals surface area contributed by atoms with E-state index in [0.717, 1.165) is 11.3 Å². The summed E-state index contributed by atoms with van der Waals surface area (Å²) < 4.78 is 5.03.